The van der Waals surface area contributed by atoms with Gasteiger partial charge < -0.3 is 10.1 Å². The van der Waals surface area contributed by atoms with E-state index in [0.717, 1.165) is 5.56 Å². The molecule has 1 heterocycles. The van der Waals surface area contributed by atoms with Crippen LogP contribution in [0.3, 0.4) is 0 Å². The third-order valence-corrected chi connectivity index (χ3v) is 3.47. The number of nitrogens with one attached hydrogen (secondary N) is 2. The highest BCUT2D eigenvalue weighted by atomic mass is 19.3. The number of alkyl halides is 2. The number of halogens is 2. The monoisotopic (exact) mass is 298 g/mol. The van der Waals surface area contributed by atoms with Crippen molar-refractivity contribution in [2.75, 3.05) is 13.2 Å². The Labute approximate surface area is 122 Å². The average molecular weight is 298 g/mol. The zero-order chi connectivity index (χ0) is 15.5. The Hall–Kier alpha value is -1.69. The molecule has 21 heavy (non-hydrogen) atoms. The van der Waals surface area contributed by atoms with E-state index in [4.69, 9.17) is 4.74 Å². The zero-order valence-corrected chi connectivity index (χ0v) is 12.2. The smallest absolute Gasteiger partial charge is 0.262 e. The van der Waals surface area contributed by atoms with Crippen molar-refractivity contribution < 1.29 is 18.3 Å². The van der Waals surface area contributed by atoms with Gasteiger partial charge in [0.25, 0.3) is 5.92 Å². The molecule has 1 amide bonds. The highest BCUT2D eigenvalue weighted by molar-refractivity contribution is 5.82. The van der Waals surface area contributed by atoms with Gasteiger partial charge >= 0.3 is 0 Å². The first kappa shape index (κ1) is 15.7. The molecule has 2 atom stereocenters. The molecule has 1 aliphatic heterocycles. The van der Waals surface area contributed by atoms with Crippen molar-refractivity contribution in [2.24, 2.45) is 0 Å². The molecule has 2 N–H and O–H groups in total. The Morgan fingerprint density at radius 1 is 1.52 bits per heavy atom. The van der Waals surface area contributed by atoms with Crippen LogP contribution in [0.15, 0.2) is 24.3 Å². The summed E-state index contributed by atoms with van der Waals surface area (Å²) in [6.07, 6.45) is -0.460. The maximum atomic E-state index is 13.1. The summed E-state index contributed by atoms with van der Waals surface area (Å²) in [7, 11) is 0. The lowest BCUT2D eigenvalue weighted by Gasteiger charge is -2.20. The fourth-order valence-electron chi connectivity index (χ4n) is 2.42. The van der Waals surface area contributed by atoms with E-state index in [-0.39, 0.29) is 6.04 Å². The van der Waals surface area contributed by atoms with Gasteiger partial charge in [0, 0.05) is 12.0 Å². The summed E-state index contributed by atoms with van der Waals surface area (Å²) in [6.45, 7) is 3.76. The van der Waals surface area contributed by atoms with Gasteiger partial charge in [-0.25, -0.2) is 8.78 Å². The number of hydrogen-bond acceptors (Lipinski definition) is 3. The normalized spacial score (nSPS) is 21.8. The summed E-state index contributed by atoms with van der Waals surface area (Å²) in [5, 5.41) is 5.31. The fraction of sp³-hybridized carbons (Fsp3) is 0.533. The molecule has 2 unspecified atom stereocenters. The first-order valence-corrected chi connectivity index (χ1v) is 7.06. The minimum atomic E-state index is -2.81. The highest BCUT2D eigenvalue weighted by Gasteiger charge is 2.42. The number of amides is 1. The molecule has 1 aliphatic rings. The lowest BCUT2D eigenvalue weighted by atomic mass is 10.1. The van der Waals surface area contributed by atoms with E-state index in [2.05, 4.69) is 10.6 Å². The van der Waals surface area contributed by atoms with E-state index in [1.165, 1.54) is 0 Å². The Morgan fingerprint density at radius 2 is 2.24 bits per heavy atom. The Morgan fingerprint density at radius 3 is 2.86 bits per heavy atom. The van der Waals surface area contributed by atoms with Crippen LogP contribution in [0.25, 0.3) is 0 Å². The number of carbonyl (C=O) groups is 1. The van der Waals surface area contributed by atoms with Gasteiger partial charge in [-0.1, -0.05) is 18.2 Å². The van der Waals surface area contributed by atoms with Gasteiger partial charge in [-0.15, -0.1) is 0 Å². The van der Waals surface area contributed by atoms with Crippen LogP contribution in [0.2, 0.25) is 0 Å². The van der Waals surface area contributed by atoms with E-state index >= 15 is 0 Å². The lowest BCUT2D eigenvalue weighted by Crippen LogP contribution is -2.41. The van der Waals surface area contributed by atoms with Crippen LogP contribution >= 0.6 is 0 Å². The molecule has 0 aliphatic carbocycles. The van der Waals surface area contributed by atoms with Crippen molar-refractivity contribution in [1.29, 1.82) is 0 Å². The third kappa shape index (κ3) is 3.91. The predicted octanol–water partition coefficient (Wildman–Crippen LogP) is 2.26. The molecule has 1 aromatic rings. The highest BCUT2D eigenvalue weighted by Crippen LogP contribution is 2.27. The molecule has 0 aromatic heterocycles. The molecule has 0 radical (unpaired) electrons. The molecular weight excluding hydrogens is 278 g/mol. The first-order valence-electron chi connectivity index (χ1n) is 7.06. The number of ether oxygens (including phenoxy) is 1. The van der Waals surface area contributed by atoms with E-state index in [1.807, 2.05) is 38.1 Å². The van der Waals surface area contributed by atoms with Crippen LogP contribution in [0.1, 0.15) is 31.9 Å². The van der Waals surface area contributed by atoms with Crippen molar-refractivity contribution in [3.05, 3.63) is 29.8 Å². The molecule has 0 spiro atoms. The molecule has 2 rings (SSSR count). The standard InChI is InChI=1S/C15H20F2N2O2/c1-3-21-13-7-5-4-6-11(13)10(2)19-14(20)12-8-15(16,17)9-18-12/h4-7,10,12,18H,3,8-9H2,1-2H3,(H,19,20). The van der Waals surface area contributed by atoms with Gasteiger partial charge in [-0.3, -0.25) is 10.1 Å². The minimum Gasteiger partial charge on any atom is -0.494 e. The van der Waals surface area contributed by atoms with Crippen molar-refractivity contribution in [3.8, 4) is 5.75 Å². The van der Waals surface area contributed by atoms with Gasteiger partial charge in [0.1, 0.15) is 5.75 Å². The summed E-state index contributed by atoms with van der Waals surface area (Å²) in [5.41, 5.74) is 0.831. The maximum Gasteiger partial charge on any atom is 0.262 e. The average Bonchev–Trinajstić information content (AvgIpc) is 2.80. The van der Waals surface area contributed by atoms with Crippen molar-refractivity contribution in [3.63, 3.8) is 0 Å². The summed E-state index contributed by atoms with van der Waals surface area (Å²) >= 11 is 0. The van der Waals surface area contributed by atoms with Crippen LogP contribution in [-0.2, 0) is 4.79 Å². The topological polar surface area (TPSA) is 50.4 Å². The first-order chi connectivity index (χ1) is 9.93. The van der Waals surface area contributed by atoms with Crippen molar-refractivity contribution in [1.82, 2.24) is 10.6 Å². The second kappa shape index (κ2) is 6.39. The van der Waals surface area contributed by atoms with Crippen LogP contribution < -0.4 is 15.4 Å². The Balaban J connectivity index is 2.01. The summed E-state index contributed by atoms with van der Waals surface area (Å²) < 4.78 is 31.7. The third-order valence-electron chi connectivity index (χ3n) is 3.47. The molecule has 116 valence electrons. The SMILES string of the molecule is CCOc1ccccc1C(C)NC(=O)C1CC(F)(F)CN1. The summed E-state index contributed by atoms with van der Waals surface area (Å²) in [6, 6.07) is 6.22. The van der Waals surface area contributed by atoms with Crippen LogP contribution in [0.4, 0.5) is 8.78 Å². The minimum absolute atomic E-state index is 0.309. The van der Waals surface area contributed by atoms with Gasteiger partial charge in [-0.2, -0.15) is 0 Å². The van der Waals surface area contributed by atoms with Crippen LogP contribution in [-0.4, -0.2) is 31.0 Å². The zero-order valence-electron chi connectivity index (χ0n) is 12.2. The van der Waals surface area contributed by atoms with E-state index in [0.29, 0.717) is 12.4 Å². The van der Waals surface area contributed by atoms with E-state index < -0.39 is 30.8 Å². The van der Waals surface area contributed by atoms with Crippen molar-refractivity contribution in [2.45, 2.75) is 38.3 Å². The van der Waals surface area contributed by atoms with Crippen molar-refractivity contribution >= 4 is 5.91 Å². The quantitative estimate of drug-likeness (QED) is 0.876. The van der Waals surface area contributed by atoms with E-state index in [9.17, 15) is 13.6 Å². The molecule has 1 saturated heterocycles. The molecular formula is C15H20F2N2O2. The molecule has 6 heteroatoms. The summed E-state index contributed by atoms with van der Waals surface area (Å²) in [4.78, 5) is 12.0. The molecule has 0 bridgehead atoms. The Kier molecular flexibility index (Phi) is 4.77. The molecule has 1 fully saturated rings. The number of hydrogen-bond donors (Lipinski definition) is 2. The van der Waals surface area contributed by atoms with Crippen LogP contribution in [0.5, 0.6) is 5.75 Å². The molecule has 1 aromatic carbocycles. The summed E-state index contributed by atoms with van der Waals surface area (Å²) in [5.74, 6) is -2.53. The predicted molar refractivity (Wildman–Crippen MR) is 75.5 cm³/mol. The number of benzene rings is 1. The van der Waals surface area contributed by atoms with Crippen LogP contribution in [0, 0.1) is 0 Å². The largest absolute Gasteiger partial charge is 0.494 e. The van der Waals surface area contributed by atoms with Gasteiger partial charge in [0.2, 0.25) is 5.91 Å². The molecule has 0 saturated carbocycles. The van der Waals surface area contributed by atoms with Gasteiger partial charge in [-0.05, 0) is 19.9 Å². The molecule has 4 nitrogen and oxygen atoms in total. The fourth-order valence-corrected chi connectivity index (χ4v) is 2.42. The van der Waals surface area contributed by atoms with Gasteiger partial charge in [0.05, 0.1) is 25.2 Å². The second-order valence-corrected chi connectivity index (χ2v) is 5.19. The number of rotatable bonds is 5. The Bertz CT molecular complexity index is 508. The number of para-hydroxylation sites is 1. The maximum absolute atomic E-state index is 13.1. The van der Waals surface area contributed by atoms with Gasteiger partial charge in [0.15, 0.2) is 0 Å². The van der Waals surface area contributed by atoms with E-state index in [1.54, 1.807) is 0 Å². The number of carbonyl (C=O) groups excluding carboxylic acids is 1. The lowest BCUT2D eigenvalue weighted by molar-refractivity contribution is -0.124. The second-order valence-electron chi connectivity index (χ2n) is 5.19.